The van der Waals surface area contributed by atoms with E-state index in [0.717, 1.165) is 94.4 Å². The number of ether oxygens (including phenoxy) is 2. The van der Waals surface area contributed by atoms with Crippen molar-refractivity contribution < 1.29 is 22.6 Å². The fourth-order valence-electron chi connectivity index (χ4n) is 6.41. The number of hydrogen-bond acceptors (Lipinski definition) is 4. The smallest absolute Gasteiger partial charge is 0.416 e. The van der Waals surface area contributed by atoms with Crippen LogP contribution >= 0.6 is 0 Å². The molecule has 0 amide bonds. The van der Waals surface area contributed by atoms with Crippen LogP contribution in [0.15, 0.2) is 72.8 Å². The molecule has 0 atom stereocenters. The minimum absolute atomic E-state index is 0.176. The molecule has 0 unspecified atom stereocenters. The number of rotatable bonds is 5. The number of piperidine rings is 1. The van der Waals surface area contributed by atoms with E-state index in [0.29, 0.717) is 13.2 Å². The molecule has 2 aliphatic rings. The maximum atomic E-state index is 13.3. The van der Waals surface area contributed by atoms with Crippen molar-refractivity contribution in [1.82, 2.24) is 9.80 Å². The fourth-order valence-corrected chi connectivity index (χ4v) is 6.41. The molecule has 0 bridgehead atoms. The van der Waals surface area contributed by atoms with Crippen LogP contribution in [0.25, 0.3) is 0 Å². The number of aryl methyl sites for hydroxylation is 1. The molecule has 220 valence electrons. The Balaban J connectivity index is 1.30. The number of fused-ring (bicyclic) bond motifs is 1. The largest absolute Gasteiger partial charge is 0.497 e. The lowest BCUT2D eigenvalue weighted by Gasteiger charge is -2.45. The third kappa shape index (κ3) is 8.04. The van der Waals surface area contributed by atoms with Crippen LogP contribution in [0.2, 0.25) is 0 Å². The van der Waals surface area contributed by atoms with Gasteiger partial charge in [0.15, 0.2) is 0 Å². The summed E-state index contributed by atoms with van der Waals surface area (Å²) >= 11 is 0. The van der Waals surface area contributed by atoms with Crippen LogP contribution < -0.4 is 9.47 Å². The standard InChI is InChI=1S/C34H41F3N2O2/c1-40-31-14-12-27(13-15-31)24-39-21-22-41-32-11-3-2-8-29(32)9-4-5-16-33(26-39)17-19-38(20-18-33)25-28-7-6-10-30(23-28)34(35,36)37/h2-3,6-8,10-15,23H,4-5,9,16-22,24-26H2,1H3. The summed E-state index contributed by atoms with van der Waals surface area (Å²) < 4.78 is 51.4. The zero-order valence-electron chi connectivity index (χ0n) is 24.0. The molecule has 0 aliphatic carbocycles. The Bertz CT molecular complexity index is 1250. The van der Waals surface area contributed by atoms with E-state index in [4.69, 9.17) is 9.47 Å². The number of para-hydroxylation sites is 1. The Labute approximate surface area is 242 Å². The van der Waals surface area contributed by atoms with Gasteiger partial charge in [-0.1, -0.05) is 55.0 Å². The molecule has 41 heavy (non-hydrogen) atoms. The van der Waals surface area contributed by atoms with Crippen molar-refractivity contribution in [2.24, 2.45) is 5.41 Å². The van der Waals surface area contributed by atoms with Crippen LogP contribution in [0.4, 0.5) is 13.2 Å². The van der Waals surface area contributed by atoms with Crippen molar-refractivity contribution >= 4 is 0 Å². The van der Waals surface area contributed by atoms with Gasteiger partial charge in [0.25, 0.3) is 0 Å². The Morgan fingerprint density at radius 3 is 2.32 bits per heavy atom. The van der Waals surface area contributed by atoms with Crippen molar-refractivity contribution in [1.29, 1.82) is 0 Å². The minimum atomic E-state index is -4.31. The van der Waals surface area contributed by atoms with Crippen LogP contribution in [0.5, 0.6) is 11.5 Å². The normalized spacial score (nSPS) is 19.0. The van der Waals surface area contributed by atoms with Crippen molar-refractivity contribution in [3.63, 3.8) is 0 Å². The fraction of sp³-hybridized carbons (Fsp3) is 0.471. The van der Waals surface area contributed by atoms with Gasteiger partial charge in [0.2, 0.25) is 0 Å². The third-order valence-corrected chi connectivity index (χ3v) is 8.74. The van der Waals surface area contributed by atoms with Crippen LogP contribution in [0, 0.1) is 5.41 Å². The molecule has 1 spiro atoms. The van der Waals surface area contributed by atoms with Gasteiger partial charge in [-0.05, 0) is 91.6 Å². The Morgan fingerprint density at radius 1 is 0.805 bits per heavy atom. The highest BCUT2D eigenvalue weighted by Crippen LogP contribution is 2.39. The summed E-state index contributed by atoms with van der Waals surface area (Å²) in [7, 11) is 1.68. The molecule has 3 aromatic rings. The lowest BCUT2D eigenvalue weighted by molar-refractivity contribution is -0.137. The molecule has 7 heteroatoms. The van der Waals surface area contributed by atoms with Gasteiger partial charge in [-0.15, -0.1) is 0 Å². The summed E-state index contributed by atoms with van der Waals surface area (Å²) in [6, 6.07) is 22.5. The Kier molecular flexibility index (Phi) is 9.56. The molecule has 1 fully saturated rings. The predicted octanol–water partition coefficient (Wildman–Crippen LogP) is 7.60. The molecular formula is C34H41F3N2O2. The molecule has 2 aliphatic heterocycles. The van der Waals surface area contributed by atoms with Gasteiger partial charge in [-0.25, -0.2) is 0 Å². The molecule has 3 aromatic carbocycles. The first-order valence-corrected chi connectivity index (χ1v) is 14.8. The summed E-state index contributed by atoms with van der Waals surface area (Å²) in [5.41, 5.74) is 2.86. The number of alkyl halides is 3. The molecule has 0 saturated carbocycles. The van der Waals surface area contributed by atoms with Gasteiger partial charge in [-0.2, -0.15) is 13.2 Å². The number of hydrogen-bond donors (Lipinski definition) is 0. The molecule has 0 aromatic heterocycles. The van der Waals surface area contributed by atoms with Gasteiger partial charge in [0.05, 0.1) is 12.7 Å². The van der Waals surface area contributed by atoms with Gasteiger partial charge < -0.3 is 9.47 Å². The molecule has 0 N–H and O–H groups in total. The molecule has 4 nitrogen and oxygen atoms in total. The number of likely N-dealkylation sites (tertiary alicyclic amines) is 1. The third-order valence-electron chi connectivity index (χ3n) is 8.74. The lowest BCUT2D eigenvalue weighted by Crippen LogP contribution is -2.46. The average Bonchev–Trinajstić information content (AvgIpc) is 2.97. The highest BCUT2D eigenvalue weighted by molar-refractivity contribution is 5.33. The lowest BCUT2D eigenvalue weighted by atomic mass is 9.73. The second-order valence-corrected chi connectivity index (χ2v) is 11.7. The summed E-state index contributed by atoms with van der Waals surface area (Å²) in [6.07, 6.45) is 2.22. The number of benzene rings is 3. The van der Waals surface area contributed by atoms with Crippen LogP contribution in [-0.2, 0) is 25.7 Å². The van der Waals surface area contributed by atoms with E-state index in [1.165, 1.54) is 23.3 Å². The maximum absolute atomic E-state index is 13.3. The van der Waals surface area contributed by atoms with Gasteiger partial charge in [0, 0.05) is 26.2 Å². The van der Waals surface area contributed by atoms with Crippen LogP contribution in [-0.4, -0.2) is 49.7 Å². The molecular weight excluding hydrogens is 525 g/mol. The van der Waals surface area contributed by atoms with E-state index in [-0.39, 0.29) is 5.41 Å². The summed E-state index contributed by atoms with van der Waals surface area (Å²) in [5.74, 6) is 1.85. The second kappa shape index (κ2) is 13.3. The molecule has 5 rings (SSSR count). The first kappa shape index (κ1) is 29.5. The van der Waals surface area contributed by atoms with Crippen molar-refractivity contribution in [3.05, 3.63) is 95.1 Å². The van der Waals surface area contributed by atoms with Gasteiger partial charge in [-0.3, -0.25) is 9.80 Å². The Morgan fingerprint density at radius 2 is 1.56 bits per heavy atom. The topological polar surface area (TPSA) is 24.9 Å². The molecule has 0 radical (unpaired) electrons. The van der Waals surface area contributed by atoms with Crippen molar-refractivity contribution in [3.8, 4) is 11.5 Å². The van der Waals surface area contributed by atoms with Crippen molar-refractivity contribution in [2.45, 2.75) is 57.8 Å². The molecule has 2 heterocycles. The maximum Gasteiger partial charge on any atom is 0.416 e. The van der Waals surface area contributed by atoms with Crippen LogP contribution in [0.1, 0.15) is 54.4 Å². The van der Waals surface area contributed by atoms with Crippen molar-refractivity contribution in [2.75, 3.05) is 39.9 Å². The van der Waals surface area contributed by atoms with E-state index in [2.05, 4.69) is 40.1 Å². The highest BCUT2D eigenvalue weighted by Gasteiger charge is 2.36. The summed E-state index contributed by atoms with van der Waals surface area (Å²) in [6.45, 7) is 5.63. The quantitative estimate of drug-likeness (QED) is 0.318. The number of halogens is 3. The Hall–Kier alpha value is -3.03. The summed E-state index contributed by atoms with van der Waals surface area (Å²) in [4.78, 5) is 4.86. The van der Waals surface area contributed by atoms with E-state index in [1.807, 2.05) is 24.3 Å². The van der Waals surface area contributed by atoms with E-state index < -0.39 is 11.7 Å². The average molecular weight is 567 g/mol. The first-order chi connectivity index (χ1) is 19.8. The first-order valence-electron chi connectivity index (χ1n) is 14.8. The molecule has 1 saturated heterocycles. The van der Waals surface area contributed by atoms with Gasteiger partial charge >= 0.3 is 6.18 Å². The highest BCUT2D eigenvalue weighted by atomic mass is 19.4. The van der Waals surface area contributed by atoms with E-state index in [1.54, 1.807) is 7.11 Å². The van der Waals surface area contributed by atoms with Crippen LogP contribution in [0.3, 0.4) is 0 Å². The predicted molar refractivity (Wildman–Crippen MR) is 156 cm³/mol. The summed E-state index contributed by atoms with van der Waals surface area (Å²) in [5, 5.41) is 0. The second-order valence-electron chi connectivity index (χ2n) is 11.7. The number of nitrogens with zero attached hydrogens (tertiary/aromatic N) is 2. The van der Waals surface area contributed by atoms with Gasteiger partial charge in [0.1, 0.15) is 18.1 Å². The minimum Gasteiger partial charge on any atom is -0.497 e. The zero-order chi connectivity index (χ0) is 28.7. The van der Waals surface area contributed by atoms with E-state index >= 15 is 0 Å². The SMILES string of the molecule is COc1ccc(CN2CCOc3ccccc3CCCCC3(CCN(Cc4cccc(C(F)(F)F)c4)CC3)C2)cc1. The number of methoxy groups -OCH3 is 1. The monoisotopic (exact) mass is 566 g/mol. The zero-order valence-corrected chi connectivity index (χ0v) is 24.0. The van der Waals surface area contributed by atoms with E-state index in [9.17, 15) is 13.2 Å².